The molecule has 9 nitrogen and oxygen atoms in total. The predicted octanol–water partition coefficient (Wildman–Crippen LogP) is 3.13. The highest BCUT2D eigenvalue weighted by Crippen LogP contribution is 2.31. The monoisotopic (exact) mass is 449 g/mol. The van der Waals surface area contributed by atoms with Gasteiger partial charge in [-0.15, -0.1) is 0 Å². The van der Waals surface area contributed by atoms with E-state index < -0.39 is 22.9 Å². The van der Waals surface area contributed by atoms with Crippen LogP contribution in [0.1, 0.15) is 5.56 Å². The Labute approximate surface area is 175 Å². The van der Waals surface area contributed by atoms with E-state index in [0.717, 1.165) is 5.39 Å². The maximum atomic E-state index is 13.0. The van der Waals surface area contributed by atoms with Crippen LogP contribution in [0.5, 0.6) is 11.8 Å². The Morgan fingerprint density at radius 1 is 1.13 bits per heavy atom. The van der Waals surface area contributed by atoms with Crippen molar-refractivity contribution in [2.45, 2.75) is 17.7 Å². The van der Waals surface area contributed by atoms with Crippen molar-refractivity contribution in [2.75, 3.05) is 18.9 Å². The summed E-state index contributed by atoms with van der Waals surface area (Å²) in [6.07, 6.45) is -0.450. The number of sulfonamides is 1. The van der Waals surface area contributed by atoms with Crippen LogP contribution in [-0.2, 0) is 16.4 Å². The van der Waals surface area contributed by atoms with Gasteiger partial charge in [-0.25, -0.2) is 21.9 Å². The van der Waals surface area contributed by atoms with E-state index in [-0.39, 0.29) is 28.2 Å². The van der Waals surface area contributed by atoms with Crippen LogP contribution in [0.4, 0.5) is 14.7 Å². The van der Waals surface area contributed by atoms with Gasteiger partial charge in [0.2, 0.25) is 24.1 Å². The number of halogens is 2. The average molecular weight is 449 g/mol. The van der Waals surface area contributed by atoms with E-state index in [1.807, 2.05) is 6.07 Å². The second-order valence-corrected chi connectivity index (χ2v) is 8.11. The van der Waals surface area contributed by atoms with Crippen molar-refractivity contribution in [3.63, 3.8) is 0 Å². The van der Waals surface area contributed by atoms with Gasteiger partial charge in [-0.2, -0.15) is 9.97 Å². The van der Waals surface area contributed by atoms with Gasteiger partial charge in [-0.1, -0.05) is 18.2 Å². The number of fused-ring (bicyclic) bond motifs is 3. The molecule has 31 heavy (non-hydrogen) atoms. The number of benzene rings is 1. The van der Waals surface area contributed by atoms with E-state index in [4.69, 9.17) is 9.47 Å². The highest BCUT2D eigenvalue weighted by atomic mass is 32.2. The zero-order valence-corrected chi connectivity index (χ0v) is 17.2. The number of nitrogens with zero attached hydrogens (tertiary/aromatic N) is 3. The summed E-state index contributed by atoms with van der Waals surface area (Å²) < 4.78 is 64.2. The molecule has 4 aromatic rings. The number of aromatic amines is 1. The molecular formula is C19H17F2N5O4S. The fourth-order valence-electron chi connectivity index (χ4n) is 3.27. The molecule has 3 heterocycles. The Morgan fingerprint density at radius 3 is 2.48 bits per heavy atom. The first-order valence-corrected chi connectivity index (χ1v) is 10.5. The zero-order valence-electron chi connectivity index (χ0n) is 16.4. The fraction of sp³-hybridized carbons (Fsp3) is 0.211. The van der Waals surface area contributed by atoms with Gasteiger partial charge in [0.25, 0.3) is 10.0 Å². The molecule has 0 radical (unpaired) electrons. The zero-order chi connectivity index (χ0) is 22.2. The van der Waals surface area contributed by atoms with Crippen LogP contribution in [0.25, 0.3) is 21.8 Å². The number of alkyl halides is 2. The van der Waals surface area contributed by atoms with Crippen molar-refractivity contribution >= 4 is 37.8 Å². The molecule has 0 aliphatic heterocycles. The minimum atomic E-state index is -4.14. The third-order valence-corrected chi connectivity index (χ3v) is 5.95. The van der Waals surface area contributed by atoms with Gasteiger partial charge >= 0.3 is 0 Å². The molecule has 0 saturated carbocycles. The van der Waals surface area contributed by atoms with Crippen molar-refractivity contribution < 1.29 is 26.7 Å². The Hall–Kier alpha value is -3.54. The number of methoxy groups -OCH3 is 2. The number of hydrogen-bond donors (Lipinski definition) is 2. The van der Waals surface area contributed by atoms with E-state index in [2.05, 4.69) is 24.7 Å². The molecule has 12 heteroatoms. The molecule has 0 amide bonds. The minimum absolute atomic E-state index is 0.0479. The number of aromatic nitrogens is 4. The summed E-state index contributed by atoms with van der Waals surface area (Å²) in [5.41, 5.74) is 1.12. The van der Waals surface area contributed by atoms with E-state index >= 15 is 0 Å². The normalized spacial score (nSPS) is 11.9. The second-order valence-electron chi connectivity index (χ2n) is 6.46. The minimum Gasteiger partial charge on any atom is -0.481 e. The number of hydrogen-bond acceptors (Lipinski definition) is 7. The van der Waals surface area contributed by atoms with Crippen molar-refractivity contribution in [1.29, 1.82) is 0 Å². The summed E-state index contributed by atoms with van der Waals surface area (Å²) in [6, 6.07) is 7.08. The van der Waals surface area contributed by atoms with Crippen molar-refractivity contribution in [3.8, 4) is 11.8 Å². The van der Waals surface area contributed by atoms with Gasteiger partial charge in [-0.05, 0) is 6.07 Å². The second kappa shape index (κ2) is 7.95. The Kier molecular flexibility index (Phi) is 5.31. The molecule has 3 aromatic heterocycles. The Morgan fingerprint density at radius 2 is 1.84 bits per heavy atom. The van der Waals surface area contributed by atoms with Gasteiger partial charge in [0.1, 0.15) is 4.90 Å². The summed E-state index contributed by atoms with van der Waals surface area (Å²) in [4.78, 5) is 15.0. The lowest BCUT2D eigenvalue weighted by atomic mass is 10.1. The summed E-state index contributed by atoms with van der Waals surface area (Å²) in [6.45, 7) is 0. The highest BCUT2D eigenvalue weighted by molar-refractivity contribution is 7.93. The lowest BCUT2D eigenvalue weighted by Gasteiger charge is -2.13. The third-order valence-electron chi connectivity index (χ3n) is 4.58. The van der Waals surface area contributed by atoms with Crippen LogP contribution < -0.4 is 14.2 Å². The molecule has 2 N–H and O–H groups in total. The molecule has 0 aliphatic carbocycles. The number of ether oxygens (including phenoxy) is 2. The number of H-pyrrole nitrogens is 1. The van der Waals surface area contributed by atoms with Crippen LogP contribution in [0.3, 0.4) is 0 Å². The molecule has 0 fully saturated rings. The topological polar surface area (TPSA) is 119 Å². The molecule has 0 bridgehead atoms. The highest BCUT2D eigenvalue weighted by Gasteiger charge is 2.25. The fourth-order valence-corrected chi connectivity index (χ4v) is 4.38. The maximum Gasteiger partial charge on any atom is 0.266 e. The van der Waals surface area contributed by atoms with Gasteiger partial charge in [0.05, 0.1) is 30.8 Å². The van der Waals surface area contributed by atoms with Crippen molar-refractivity contribution in [3.05, 3.63) is 42.2 Å². The van der Waals surface area contributed by atoms with Gasteiger partial charge < -0.3 is 14.5 Å². The summed E-state index contributed by atoms with van der Waals surface area (Å²) in [5, 5.41) is 1.27. The number of nitrogens with one attached hydrogen (secondary N) is 2. The third kappa shape index (κ3) is 3.81. The van der Waals surface area contributed by atoms with Gasteiger partial charge in [-0.3, -0.25) is 4.98 Å². The summed E-state index contributed by atoms with van der Waals surface area (Å²) in [5.74, 6) is -0.794. The first kappa shape index (κ1) is 20.7. The summed E-state index contributed by atoms with van der Waals surface area (Å²) >= 11 is 0. The standard InChI is InChI=1S/C19H17F2N5O4S/c1-29-17-12(8-14(20)21)18(30-2)25-19(24-17)26-31(27,28)13-9-23-16-11(13)6-5-10-4-3-7-22-15(10)16/h3-7,9,14,23H,8H2,1-2H3,(H,24,25,26). The first-order valence-electron chi connectivity index (χ1n) is 8.98. The quantitative estimate of drug-likeness (QED) is 0.445. The smallest absolute Gasteiger partial charge is 0.266 e. The van der Waals surface area contributed by atoms with Crippen molar-refractivity contribution in [2.24, 2.45) is 0 Å². The molecule has 0 unspecified atom stereocenters. The summed E-state index contributed by atoms with van der Waals surface area (Å²) in [7, 11) is -1.69. The number of anilines is 1. The molecule has 0 saturated heterocycles. The molecule has 0 atom stereocenters. The Balaban J connectivity index is 1.76. The van der Waals surface area contributed by atoms with Crippen LogP contribution in [-0.4, -0.2) is 49.0 Å². The first-order chi connectivity index (χ1) is 14.8. The van der Waals surface area contributed by atoms with Crippen LogP contribution in [0.2, 0.25) is 0 Å². The average Bonchev–Trinajstić information content (AvgIpc) is 3.19. The number of rotatable bonds is 7. The molecule has 162 valence electrons. The SMILES string of the molecule is COc1nc(NS(=O)(=O)c2c[nH]c3c2ccc2cccnc23)nc(OC)c1CC(F)F. The van der Waals surface area contributed by atoms with E-state index in [9.17, 15) is 17.2 Å². The molecule has 0 aliphatic rings. The Bertz CT molecular complexity index is 1350. The van der Waals surface area contributed by atoms with Crippen LogP contribution in [0, 0.1) is 0 Å². The predicted molar refractivity (Wildman–Crippen MR) is 109 cm³/mol. The maximum absolute atomic E-state index is 13.0. The number of pyridine rings is 1. The van der Waals surface area contributed by atoms with Crippen molar-refractivity contribution in [1.82, 2.24) is 19.9 Å². The molecule has 1 aromatic carbocycles. The molecule has 4 rings (SSSR count). The van der Waals surface area contributed by atoms with E-state index in [1.165, 1.54) is 20.4 Å². The van der Waals surface area contributed by atoms with E-state index in [0.29, 0.717) is 16.4 Å². The van der Waals surface area contributed by atoms with Crippen LogP contribution in [0.15, 0.2) is 41.6 Å². The molecular weight excluding hydrogens is 432 g/mol. The van der Waals surface area contributed by atoms with Crippen LogP contribution >= 0.6 is 0 Å². The molecule has 0 spiro atoms. The largest absolute Gasteiger partial charge is 0.481 e. The van der Waals surface area contributed by atoms with Gasteiger partial charge in [0.15, 0.2) is 0 Å². The lowest BCUT2D eigenvalue weighted by Crippen LogP contribution is -2.16. The lowest BCUT2D eigenvalue weighted by molar-refractivity contribution is 0.146. The van der Waals surface area contributed by atoms with E-state index in [1.54, 1.807) is 24.4 Å². The van der Waals surface area contributed by atoms with Gasteiger partial charge in [0, 0.05) is 29.6 Å².